The molecule has 106 valence electrons. The summed E-state index contributed by atoms with van der Waals surface area (Å²) in [5, 5.41) is 8.27. The van der Waals surface area contributed by atoms with Crippen molar-refractivity contribution < 1.29 is 32.9 Å². The van der Waals surface area contributed by atoms with E-state index in [0.29, 0.717) is 0 Å². The van der Waals surface area contributed by atoms with E-state index in [0.717, 1.165) is 7.05 Å². The first-order chi connectivity index (χ1) is 8.11. The summed E-state index contributed by atoms with van der Waals surface area (Å²) in [7, 11) is 0.799. The number of hydrogen-bond acceptors (Lipinski definition) is 4. The smallest absolute Gasteiger partial charge is 0.273 e. The SMILES string of the molecule is CC(COO)[C@@H](C)C(=O)NN(C)C(=O)C(F)(F)F. The number of rotatable bonds is 4. The highest BCUT2D eigenvalue weighted by molar-refractivity contribution is 5.85. The van der Waals surface area contributed by atoms with Crippen LogP contribution in [0, 0.1) is 11.8 Å². The number of hydrogen-bond donors (Lipinski definition) is 2. The third-order valence-electron chi connectivity index (χ3n) is 2.43. The molecule has 0 aromatic heterocycles. The van der Waals surface area contributed by atoms with Crippen molar-refractivity contribution in [2.24, 2.45) is 11.8 Å². The number of alkyl halides is 3. The molecule has 0 aliphatic carbocycles. The Labute approximate surface area is 102 Å². The summed E-state index contributed by atoms with van der Waals surface area (Å²) in [6, 6.07) is 0. The molecule has 0 fully saturated rings. The average molecular weight is 272 g/mol. The van der Waals surface area contributed by atoms with Gasteiger partial charge in [-0.05, 0) is 5.92 Å². The van der Waals surface area contributed by atoms with E-state index in [4.69, 9.17) is 5.26 Å². The Morgan fingerprint density at radius 1 is 1.39 bits per heavy atom. The molecule has 1 unspecified atom stereocenters. The van der Waals surface area contributed by atoms with Crippen LogP contribution in [0.2, 0.25) is 0 Å². The van der Waals surface area contributed by atoms with Gasteiger partial charge in [-0.3, -0.25) is 20.3 Å². The maximum absolute atomic E-state index is 12.0. The molecule has 0 aliphatic heterocycles. The van der Waals surface area contributed by atoms with E-state index in [1.807, 2.05) is 5.43 Å². The highest BCUT2D eigenvalue weighted by atomic mass is 19.4. The van der Waals surface area contributed by atoms with Gasteiger partial charge in [-0.15, -0.1) is 0 Å². The van der Waals surface area contributed by atoms with Gasteiger partial charge in [-0.25, -0.2) is 9.90 Å². The topological polar surface area (TPSA) is 78.9 Å². The van der Waals surface area contributed by atoms with Crippen molar-refractivity contribution >= 4 is 11.8 Å². The lowest BCUT2D eigenvalue weighted by Gasteiger charge is -2.23. The predicted octanol–water partition coefficient (Wildman–Crippen LogP) is 0.800. The molecule has 0 radical (unpaired) electrons. The number of nitrogens with zero attached hydrogens (tertiary/aromatic N) is 1. The van der Waals surface area contributed by atoms with Gasteiger partial charge in [0.1, 0.15) is 0 Å². The minimum absolute atomic E-state index is 0.0748. The minimum Gasteiger partial charge on any atom is -0.273 e. The van der Waals surface area contributed by atoms with Crippen LogP contribution in [0.15, 0.2) is 0 Å². The van der Waals surface area contributed by atoms with E-state index in [2.05, 4.69) is 4.89 Å². The zero-order valence-electron chi connectivity index (χ0n) is 10.1. The fourth-order valence-electron chi connectivity index (χ4n) is 1.03. The lowest BCUT2D eigenvalue weighted by atomic mass is 9.96. The summed E-state index contributed by atoms with van der Waals surface area (Å²) in [6.07, 6.45) is -5.05. The van der Waals surface area contributed by atoms with Gasteiger partial charge < -0.3 is 0 Å². The summed E-state index contributed by atoms with van der Waals surface area (Å²) >= 11 is 0. The van der Waals surface area contributed by atoms with Crippen molar-refractivity contribution in [2.45, 2.75) is 20.0 Å². The normalized spacial score (nSPS) is 14.8. The van der Waals surface area contributed by atoms with E-state index in [1.54, 1.807) is 6.92 Å². The minimum atomic E-state index is -5.05. The molecule has 0 aliphatic rings. The van der Waals surface area contributed by atoms with Gasteiger partial charge in [0.15, 0.2) is 0 Å². The van der Waals surface area contributed by atoms with Crippen molar-refractivity contribution in [1.29, 1.82) is 0 Å². The lowest BCUT2D eigenvalue weighted by Crippen LogP contribution is -2.51. The molecule has 0 saturated carbocycles. The zero-order valence-corrected chi connectivity index (χ0v) is 10.1. The number of hydrazine groups is 1. The first-order valence-electron chi connectivity index (χ1n) is 5.03. The fraction of sp³-hybridized carbons (Fsp3) is 0.778. The van der Waals surface area contributed by atoms with Crippen molar-refractivity contribution in [1.82, 2.24) is 10.4 Å². The Morgan fingerprint density at radius 2 is 1.89 bits per heavy atom. The molecular formula is C9H15F3N2O4. The van der Waals surface area contributed by atoms with Crippen LogP contribution in [-0.2, 0) is 14.5 Å². The van der Waals surface area contributed by atoms with Crippen LogP contribution in [0.25, 0.3) is 0 Å². The Kier molecular flexibility index (Phi) is 6.06. The molecule has 2 atom stereocenters. The molecular weight excluding hydrogens is 257 g/mol. The first-order valence-corrected chi connectivity index (χ1v) is 5.03. The van der Waals surface area contributed by atoms with E-state index >= 15 is 0 Å². The average Bonchev–Trinajstić information content (AvgIpc) is 2.25. The lowest BCUT2D eigenvalue weighted by molar-refractivity contribution is -0.252. The predicted molar refractivity (Wildman–Crippen MR) is 53.9 cm³/mol. The molecule has 0 heterocycles. The van der Waals surface area contributed by atoms with Gasteiger partial charge in [0.05, 0.1) is 6.61 Å². The molecule has 6 nitrogen and oxygen atoms in total. The fourth-order valence-corrected chi connectivity index (χ4v) is 1.03. The molecule has 0 spiro atoms. The van der Waals surface area contributed by atoms with Gasteiger partial charge in [-0.1, -0.05) is 13.8 Å². The van der Waals surface area contributed by atoms with E-state index in [1.165, 1.54) is 6.92 Å². The molecule has 0 bridgehead atoms. The van der Waals surface area contributed by atoms with Crippen LogP contribution in [0.1, 0.15) is 13.8 Å². The Morgan fingerprint density at radius 3 is 2.28 bits per heavy atom. The highest BCUT2D eigenvalue weighted by Crippen LogP contribution is 2.17. The van der Waals surface area contributed by atoms with E-state index in [9.17, 15) is 22.8 Å². The van der Waals surface area contributed by atoms with Crippen molar-refractivity contribution in [3.8, 4) is 0 Å². The monoisotopic (exact) mass is 272 g/mol. The van der Waals surface area contributed by atoms with Crippen molar-refractivity contribution in [3.63, 3.8) is 0 Å². The van der Waals surface area contributed by atoms with Gasteiger partial charge in [0, 0.05) is 13.0 Å². The third-order valence-corrected chi connectivity index (χ3v) is 2.43. The third kappa shape index (κ3) is 4.88. The summed E-state index contributed by atoms with van der Waals surface area (Å²) in [5.41, 5.74) is 1.81. The summed E-state index contributed by atoms with van der Waals surface area (Å²) in [4.78, 5) is 26.1. The Balaban J connectivity index is 4.44. The van der Waals surface area contributed by atoms with Crippen LogP contribution in [0.4, 0.5) is 13.2 Å². The molecule has 2 N–H and O–H groups in total. The largest absolute Gasteiger partial charge is 0.473 e. The van der Waals surface area contributed by atoms with Crippen LogP contribution >= 0.6 is 0 Å². The maximum atomic E-state index is 12.0. The standard InChI is InChI=1S/C9H15F3N2O4/c1-5(4-18-17)6(2)7(15)13-14(3)8(16)9(10,11)12/h5-6,17H,4H2,1-3H3,(H,13,15)/t5?,6-/m1/s1. The molecule has 0 aromatic rings. The summed E-state index contributed by atoms with van der Waals surface area (Å²) in [5.74, 6) is -4.11. The summed E-state index contributed by atoms with van der Waals surface area (Å²) in [6.45, 7) is 2.85. The molecule has 9 heteroatoms. The molecule has 18 heavy (non-hydrogen) atoms. The Bertz CT molecular complexity index is 309. The summed E-state index contributed by atoms with van der Waals surface area (Å²) < 4.78 is 36.1. The number of amides is 2. The van der Waals surface area contributed by atoms with Crippen LogP contribution in [-0.4, -0.2) is 41.9 Å². The number of carbonyl (C=O) groups excluding carboxylic acids is 2. The quantitative estimate of drug-likeness (QED) is 0.586. The maximum Gasteiger partial charge on any atom is 0.473 e. The van der Waals surface area contributed by atoms with Crippen molar-refractivity contribution in [3.05, 3.63) is 0 Å². The van der Waals surface area contributed by atoms with Crippen LogP contribution in [0.5, 0.6) is 0 Å². The second kappa shape index (κ2) is 6.55. The second-order valence-corrected chi connectivity index (χ2v) is 3.90. The van der Waals surface area contributed by atoms with E-state index < -0.39 is 29.8 Å². The van der Waals surface area contributed by atoms with Gasteiger partial charge in [-0.2, -0.15) is 13.2 Å². The highest BCUT2D eigenvalue weighted by Gasteiger charge is 2.42. The molecule has 2 amide bonds. The van der Waals surface area contributed by atoms with Gasteiger partial charge >= 0.3 is 12.1 Å². The van der Waals surface area contributed by atoms with Crippen LogP contribution in [0.3, 0.4) is 0 Å². The van der Waals surface area contributed by atoms with Crippen LogP contribution < -0.4 is 5.43 Å². The second-order valence-electron chi connectivity index (χ2n) is 3.90. The Hall–Kier alpha value is -1.35. The first kappa shape index (κ1) is 16.6. The van der Waals surface area contributed by atoms with Gasteiger partial charge in [0.2, 0.25) is 5.91 Å². The van der Waals surface area contributed by atoms with Gasteiger partial charge in [0.25, 0.3) is 0 Å². The molecule has 0 saturated heterocycles. The zero-order chi connectivity index (χ0) is 14.5. The number of halogens is 3. The van der Waals surface area contributed by atoms with Crippen molar-refractivity contribution in [2.75, 3.05) is 13.7 Å². The molecule has 0 aromatic carbocycles. The molecule has 0 rings (SSSR count). The number of nitrogens with one attached hydrogen (secondary N) is 1. The number of carbonyl (C=O) groups is 2. The van der Waals surface area contributed by atoms with E-state index in [-0.39, 0.29) is 11.6 Å².